The number of nitrogens with zero attached hydrogens (tertiary/aromatic N) is 3. The third kappa shape index (κ3) is 4.68. The standard InChI is InChI=1S/C25H23N7O2/c1-33-18-10-6-16(7-11-18)20-14-24(31-29-20)27-22-4-3-5-23(26-22)28-25-15-21(30-32-25)17-8-12-19(34-2)13-9-17/h3-15H,1-2H3,(H4,26,27,28,29,30,31,32). The Morgan fingerprint density at radius 2 is 1.03 bits per heavy atom. The minimum Gasteiger partial charge on any atom is -0.497 e. The summed E-state index contributed by atoms with van der Waals surface area (Å²) in [6.07, 6.45) is 0. The minimum atomic E-state index is 0.656. The molecule has 0 saturated heterocycles. The lowest BCUT2D eigenvalue weighted by Crippen LogP contribution is -1.98. The molecule has 5 aromatic rings. The van der Waals surface area contributed by atoms with Crippen LogP contribution in [0.1, 0.15) is 0 Å². The molecular weight excluding hydrogens is 430 g/mol. The fourth-order valence-electron chi connectivity index (χ4n) is 3.44. The number of anilines is 4. The Hall–Kier alpha value is -4.79. The number of hydrogen-bond acceptors (Lipinski definition) is 7. The molecule has 0 spiro atoms. The zero-order valence-electron chi connectivity index (χ0n) is 18.7. The first-order valence-electron chi connectivity index (χ1n) is 10.6. The van der Waals surface area contributed by atoms with Gasteiger partial charge in [0.05, 0.1) is 25.6 Å². The first kappa shape index (κ1) is 21.1. The van der Waals surface area contributed by atoms with Crippen molar-refractivity contribution in [3.8, 4) is 34.0 Å². The second kappa shape index (κ2) is 9.37. The molecule has 0 aliphatic heterocycles. The van der Waals surface area contributed by atoms with Crippen molar-refractivity contribution in [3.63, 3.8) is 0 Å². The highest BCUT2D eigenvalue weighted by atomic mass is 16.5. The van der Waals surface area contributed by atoms with E-state index in [9.17, 15) is 0 Å². The molecule has 0 aliphatic rings. The number of H-pyrrole nitrogens is 2. The van der Waals surface area contributed by atoms with E-state index < -0.39 is 0 Å². The summed E-state index contributed by atoms with van der Waals surface area (Å²) >= 11 is 0. The van der Waals surface area contributed by atoms with Crippen LogP contribution in [-0.4, -0.2) is 39.6 Å². The predicted molar refractivity (Wildman–Crippen MR) is 132 cm³/mol. The van der Waals surface area contributed by atoms with Gasteiger partial charge in [-0.25, -0.2) is 4.98 Å². The van der Waals surface area contributed by atoms with E-state index in [1.807, 2.05) is 78.9 Å². The van der Waals surface area contributed by atoms with Crippen LogP contribution in [0.2, 0.25) is 0 Å². The van der Waals surface area contributed by atoms with Gasteiger partial charge in [-0.05, 0) is 71.8 Å². The summed E-state index contributed by atoms with van der Waals surface area (Å²) < 4.78 is 10.4. The van der Waals surface area contributed by atoms with E-state index in [-0.39, 0.29) is 0 Å². The Bertz CT molecular complexity index is 1270. The fourth-order valence-corrected chi connectivity index (χ4v) is 3.44. The lowest BCUT2D eigenvalue weighted by Gasteiger charge is -2.05. The Kier molecular flexibility index (Phi) is 5.81. The van der Waals surface area contributed by atoms with Gasteiger partial charge in [-0.15, -0.1) is 0 Å². The molecule has 0 saturated carbocycles. The van der Waals surface area contributed by atoms with E-state index in [1.54, 1.807) is 14.2 Å². The summed E-state index contributed by atoms with van der Waals surface area (Å²) in [6, 6.07) is 25.1. The largest absolute Gasteiger partial charge is 0.497 e. The van der Waals surface area contributed by atoms with Crippen molar-refractivity contribution in [2.24, 2.45) is 0 Å². The molecule has 3 heterocycles. The number of ether oxygens (including phenoxy) is 2. The molecule has 3 aromatic heterocycles. The molecule has 9 nitrogen and oxygen atoms in total. The van der Waals surface area contributed by atoms with E-state index in [0.717, 1.165) is 34.0 Å². The zero-order chi connectivity index (χ0) is 23.3. The first-order chi connectivity index (χ1) is 16.7. The van der Waals surface area contributed by atoms with Gasteiger partial charge in [-0.1, -0.05) is 6.07 Å². The Morgan fingerprint density at radius 3 is 1.44 bits per heavy atom. The van der Waals surface area contributed by atoms with Crippen LogP contribution in [0.5, 0.6) is 11.5 Å². The van der Waals surface area contributed by atoms with Crippen LogP contribution >= 0.6 is 0 Å². The van der Waals surface area contributed by atoms with Gasteiger partial charge in [0.25, 0.3) is 0 Å². The van der Waals surface area contributed by atoms with Crippen LogP contribution in [0.4, 0.5) is 23.3 Å². The third-order valence-corrected chi connectivity index (χ3v) is 5.22. The Balaban J connectivity index is 1.26. The molecule has 4 N–H and O–H groups in total. The summed E-state index contributed by atoms with van der Waals surface area (Å²) in [4.78, 5) is 4.61. The second-order valence-electron chi connectivity index (χ2n) is 7.45. The van der Waals surface area contributed by atoms with Gasteiger partial charge < -0.3 is 20.1 Å². The van der Waals surface area contributed by atoms with Crippen molar-refractivity contribution < 1.29 is 9.47 Å². The minimum absolute atomic E-state index is 0.656. The van der Waals surface area contributed by atoms with E-state index in [2.05, 4.69) is 36.0 Å². The maximum absolute atomic E-state index is 5.21. The molecule has 0 amide bonds. The molecule has 2 aromatic carbocycles. The van der Waals surface area contributed by atoms with Crippen molar-refractivity contribution in [2.75, 3.05) is 24.9 Å². The molecule has 0 aliphatic carbocycles. The summed E-state index contributed by atoms with van der Waals surface area (Å²) in [5, 5.41) is 21.2. The molecule has 0 fully saturated rings. The van der Waals surface area contributed by atoms with Crippen molar-refractivity contribution in [1.82, 2.24) is 25.4 Å². The highest BCUT2D eigenvalue weighted by Crippen LogP contribution is 2.26. The average Bonchev–Trinajstić information content (AvgIpc) is 3.54. The lowest BCUT2D eigenvalue weighted by molar-refractivity contribution is 0.415. The van der Waals surface area contributed by atoms with Crippen molar-refractivity contribution >= 4 is 23.3 Å². The van der Waals surface area contributed by atoms with Gasteiger partial charge in [0, 0.05) is 12.1 Å². The van der Waals surface area contributed by atoms with Crippen LogP contribution in [0.25, 0.3) is 22.5 Å². The number of aromatic nitrogens is 5. The van der Waals surface area contributed by atoms with Gasteiger partial charge >= 0.3 is 0 Å². The summed E-state index contributed by atoms with van der Waals surface area (Å²) in [7, 11) is 3.30. The Morgan fingerprint density at radius 1 is 0.588 bits per heavy atom. The van der Waals surface area contributed by atoms with Gasteiger partial charge in [0.2, 0.25) is 0 Å². The first-order valence-corrected chi connectivity index (χ1v) is 10.6. The zero-order valence-corrected chi connectivity index (χ0v) is 18.7. The molecule has 9 heteroatoms. The van der Waals surface area contributed by atoms with E-state index >= 15 is 0 Å². The monoisotopic (exact) mass is 453 g/mol. The van der Waals surface area contributed by atoms with Crippen LogP contribution < -0.4 is 20.1 Å². The average molecular weight is 454 g/mol. The maximum Gasteiger partial charge on any atom is 0.153 e. The highest BCUT2D eigenvalue weighted by molar-refractivity contribution is 5.68. The molecule has 0 radical (unpaired) electrons. The molecule has 34 heavy (non-hydrogen) atoms. The molecular formula is C25H23N7O2. The third-order valence-electron chi connectivity index (χ3n) is 5.22. The van der Waals surface area contributed by atoms with Gasteiger partial charge in [0.15, 0.2) is 11.6 Å². The highest BCUT2D eigenvalue weighted by Gasteiger charge is 2.08. The van der Waals surface area contributed by atoms with E-state index in [0.29, 0.717) is 23.3 Å². The molecule has 0 atom stereocenters. The van der Waals surface area contributed by atoms with Gasteiger partial charge in [-0.2, -0.15) is 10.2 Å². The summed E-state index contributed by atoms with van der Waals surface area (Å²) in [5.41, 5.74) is 3.80. The van der Waals surface area contributed by atoms with Crippen molar-refractivity contribution in [1.29, 1.82) is 0 Å². The van der Waals surface area contributed by atoms with Crippen LogP contribution in [0, 0.1) is 0 Å². The number of hydrogen-bond donors (Lipinski definition) is 4. The number of benzene rings is 2. The molecule has 5 rings (SSSR count). The van der Waals surface area contributed by atoms with Crippen molar-refractivity contribution in [2.45, 2.75) is 0 Å². The summed E-state index contributed by atoms with van der Waals surface area (Å²) in [6.45, 7) is 0. The van der Waals surface area contributed by atoms with Gasteiger partial charge in [0.1, 0.15) is 23.1 Å². The topological polar surface area (TPSA) is 113 Å². The van der Waals surface area contributed by atoms with Crippen LogP contribution in [0.3, 0.4) is 0 Å². The quantitative estimate of drug-likeness (QED) is 0.250. The number of methoxy groups -OCH3 is 2. The van der Waals surface area contributed by atoms with Gasteiger partial charge in [-0.3, -0.25) is 10.2 Å². The number of aromatic amines is 2. The van der Waals surface area contributed by atoms with Crippen molar-refractivity contribution in [3.05, 3.63) is 78.9 Å². The van der Waals surface area contributed by atoms with E-state index in [4.69, 9.17) is 9.47 Å². The normalized spacial score (nSPS) is 10.6. The maximum atomic E-state index is 5.21. The number of rotatable bonds is 8. The fraction of sp³-hybridized carbons (Fsp3) is 0.0800. The molecule has 0 bridgehead atoms. The number of nitrogens with one attached hydrogen (secondary N) is 4. The molecule has 0 unspecified atom stereocenters. The lowest BCUT2D eigenvalue weighted by atomic mass is 10.1. The SMILES string of the molecule is COc1ccc(-c2cc(Nc3cccc(Nc4cc(-c5ccc(OC)cc5)[nH]n4)n3)n[nH]2)cc1. The molecule has 170 valence electrons. The predicted octanol–water partition coefficient (Wildman–Crippen LogP) is 5.37. The Labute approximate surface area is 196 Å². The number of pyridine rings is 1. The van der Waals surface area contributed by atoms with Crippen LogP contribution in [-0.2, 0) is 0 Å². The summed E-state index contributed by atoms with van der Waals surface area (Å²) in [5.74, 6) is 4.26. The van der Waals surface area contributed by atoms with Crippen LogP contribution in [0.15, 0.2) is 78.9 Å². The second-order valence-corrected chi connectivity index (χ2v) is 7.45. The smallest absolute Gasteiger partial charge is 0.153 e. The van der Waals surface area contributed by atoms with E-state index in [1.165, 1.54) is 0 Å².